The molecular formula is C15H17F2NO. The number of benzene rings is 1. The van der Waals surface area contributed by atoms with Gasteiger partial charge in [0.15, 0.2) is 0 Å². The molecule has 1 heterocycles. The first-order valence-electron chi connectivity index (χ1n) is 6.37. The van der Waals surface area contributed by atoms with Crippen molar-refractivity contribution in [3.63, 3.8) is 0 Å². The molecule has 2 nitrogen and oxygen atoms in total. The van der Waals surface area contributed by atoms with Gasteiger partial charge in [-0.15, -0.1) is 0 Å². The highest BCUT2D eigenvalue weighted by Crippen LogP contribution is 2.26. The van der Waals surface area contributed by atoms with Gasteiger partial charge in [0.25, 0.3) is 0 Å². The molecule has 0 amide bonds. The van der Waals surface area contributed by atoms with Gasteiger partial charge in [-0.05, 0) is 37.7 Å². The molecule has 0 bridgehead atoms. The number of furan rings is 1. The van der Waals surface area contributed by atoms with Crippen LogP contribution >= 0.6 is 0 Å². The molecule has 0 spiro atoms. The third kappa shape index (κ3) is 3.41. The Morgan fingerprint density at radius 3 is 2.68 bits per heavy atom. The topological polar surface area (TPSA) is 25.2 Å². The number of hydrogen-bond acceptors (Lipinski definition) is 2. The fourth-order valence-electron chi connectivity index (χ4n) is 2.04. The summed E-state index contributed by atoms with van der Waals surface area (Å²) < 4.78 is 32.1. The maximum atomic E-state index is 13.6. The normalized spacial score (nSPS) is 12.6. The van der Waals surface area contributed by atoms with Crippen LogP contribution in [0.15, 0.2) is 34.7 Å². The Hall–Kier alpha value is -1.68. The summed E-state index contributed by atoms with van der Waals surface area (Å²) in [5.41, 5.74) is 0.281. The molecule has 1 N–H and O–H groups in total. The smallest absolute Gasteiger partial charge is 0.137 e. The summed E-state index contributed by atoms with van der Waals surface area (Å²) in [7, 11) is 0. The van der Waals surface area contributed by atoms with E-state index >= 15 is 0 Å². The molecule has 19 heavy (non-hydrogen) atoms. The molecule has 0 aliphatic carbocycles. The fourth-order valence-corrected chi connectivity index (χ4v) is 2.04. The molecule has 0 saturated heterocycles. The van der Waals surface area contributed by atoms with E-state index < -0.39 is 11.6 Å². The largest absolute Gasteiger partial charge is 0.461 e. The van der Waals surface area contributed by atoms with E-state index in [2.05, 4.69) is 12.2 Å². The molecule has 1 atom stereocenters. The first-order valence-corrected chi connectivity index (χ1v) is 6.37. The van der Waals surface area contributed by atoms with Crippen molar-refractivity contribution in [2.45, 2.75) is 26.3 Å². The van der Waals surface area contributed by atoms with Crippen LogP contribution in [0.5, 0.6) is 0 Å². The lowest BCUT2D eigenvalue weighted by Gasteiger charge is -2.09. The highest BCUT2D eigenvalue weighted by atomic mass is 19.1. The van der Waals surface area contributed by atoms with E-state index in [1.807, 2.05) is 13.0 Å². The van der Waals surface area contributed by atoms with E-state index in [4.69, 9.17) is 4.42 Å². The van der Waals surface area contributed by atoms with Gasteiger partial charge in [0.05, 0.1) is 5.56 Å². The molecule has 0 fully saturated rings. The van der Waals surface area contributed by atoms with Crippen molar-refractivity contribution in [1.29, 1.82) is 0 Å². The van der Waals surface area contributed by atoms with Crippen molar-refractivity contribution in [3.05, 3.63) is 47.7 Å². The van der Waals surface area contributed by atoms with Crippen molar-refractivity contribution in [2.75, 3.05) is 6.54 Å². The van der Waals surface area contributed by atoms with Crippen molar-refractivity contribution >= 4 is 0 Å². The Labute approximate surface area is 111 Å². The molecule has 4 heteroatoms. The van der Waals surface area contributed by atoms with Crippen LogP contribution < -0.4 is 5.32 Å². The van der Waals surface area contributed by atoms with E-state index in [0.29, 0.717) is 11.8 Å². The number of rotatable bonds is 5. The monoisotopic (exact) mass is 265 g/mol. The van der Waals surface area contributed by atoms with Crippen LogP contribution in [0.4, 0.5) is 8.78 Å². The van der Waals surface area contributed by atoms with Crippen molar-refractivity contribution in [1.82, 2.24) is 5.32 Å². The lowest BCUT2D eigenvalue weighted by atomic mass is 10.1. The average molecular weight is 265 g/mol. The third-order valence-electron chi connectivity index (χ3n) is 2.92. The standard InChI is InChI=1S/C15H17F2NO/c1-3-18-10(2)8-12-5-7-15(19-12)13-6-4-11(16)9-14(13)17/h4-7,9-10,18H,3,8H2,1-2H3. The first kappa shape index (κ1) is 13.7. The second kappa shape index (κ2) is 5.97. The summed E-state index contributed by atoms with van der Waals surface area (Å²) in [6.07, 6.45) is 0.733. The Kier molecular flexibility index (Phi) is 4.32. The van der Waals surface area contributed by atoms with Crippen LogP contribution in [0, 0.1) is 11.6 Å². The van der Waals surface area contributed by atoms with Crippen molar-refractivity contribution < 1.29 is 13.2 Å². The summed E-state index contributed by atoms with van der Waals surface area (Å²) in [6.45, 7) is 4.99. The van der Waals surface area contributed by atoms with Crippen LogP contribution in [-0.4, -0.2) is 12.6 Å². The molecule has 102 valence electrons. The zero-order valence-electron chi connectivity index (χ0n) is 11.0. The van der Waals surface area contributed by atoms with Crippen LogP contribution in [0.25, 0.3) is 11.3 Å². The lowest BCUT2D eigenvalue weighted by molar-refractivity contribution is 0.468. The molecule has 1 aromatic heterocycles. The Balaban J connectivity index is 2.16. The SMILES string of the molecule is CCNC(C)Cc1ccc(-c2ccc(F)cc2F)o1. The minimum atomic E-state index is -0.611. The van der Waals surface area contributed by atoms with Gasteiger partial charge in [-0.1, -0.05) is 6.92 Å². The zero-order chi connectivity index (χ0) is 13.8. The Morgan fingerprint density at radius 1 is 1.21 bits per heavy atom. The molecule has 0 radical (unpaired) electrons. The van der Waals surface area contributed by atoms with Crippen molar-refractivity contribution in [3.8, 4) is 11.3 Å². The van der Waals surface area contributed by atoms with Gasteiger partial charge >= 0.3 is 0 Å². The van der Waals surface area contributed by atoms with E-state index in [0.717, 1.165) is 24.8 Å². The first-order chi connectivity index (χ1) is 9.10. The predicted octanol–water partition coefficient (Wildman–Crippen LogP) is 3.77. The number of nitrogens with one attached hydrogen (secondary N) is 1. The van der Waals surface area contributed by atoms with E-state index in [-0.39, 0.29) is 5.56 Å². The van der Waals surface area contributed by atoms with Gasteiger partial charge in [0.1, 0.15) is 23.2 Å². The molecule has 1 aromatic carbocycles. The number of hydrogen-bond donors (Lipinski definition) is 1. The molecule has 2 rings (SSSR count). The second-order valence-electron chi connectivity index (χ2n) is 4.55. The van der Waals surface area contributed by atoms with Crippen LogP contribution in [0.3, 0.4) is 0 Å². The second-order valence-corrected chi connectivity index (χ2v) is 4.55. The molecule has 0 aliphatic rings. The Morgan fingerprint density at radius 2 is 2.00 bits per heavy atom. The van der Waals surface area contributed by atoms with Crippen LogP contribution in [0.1, 0.15) is 19.6 Å². The molecule has 0 aliphatic heterocycles. The van der Waals surface area contributed by atoms with Gasteiger partial charge in [-0.25, -0.2) is 8.78 Å². The van der Waals surface area contributed by atoms with E-state index in [1.54, 1.807) is 6.07 Å². The molecule has 1 unspecified atom stereocenters. The maximum Gasteiger partial charge on any atom is 0.137 e. The molecule has 2 aromatic rings. The van der Waals surface area contributed by atoms with Gasteiger partial charge in [-0.3, -0.25) is 0 Å². The van der Waals surface area contributed by atoms with E-state index in [9.17, 15) is 8.78 Å². The highest BCUT2D eigenvalue weighted by Gasteiger charge is 2.12. The summed E-state index contributed by atoms with van der Waals surface area (Å²) in [4.78, 5) is 0. The summed E-state index contributed by atoms with van der Waals surface area (Å²) >= 11 is 0. The van der Waals surface area contributed by atoms with E-state index in [1.165, 1.54) is 12.1 Å². The molecular weight excluding hydrogens is 248 g/mol. The number of halogens is 2. The van der Waals surface area contributed by atoms with Gasteiger partial charge in [0, 0.05) is 18.5 Å². The van der Waals surface area contributed by atoms with Crippen molar-refractivity contribution in [2.24, 2.45) is 0 Å². The summed E-state index contributed by atoms with van der Waals surface area (Å²) in [6, 6.07) is 7.31. The third-order valence-corrected chi connectivity index (χ3v) is 2.92. The zero-order valence-corrected chi connectivity index (χ0v) is 11.0. The maximum absolute atomic E-state index is 13.6. The number of likely N-dealkylation sites (N-methyl/N-ethyl adjacent to an activating group) is 1. The average Bonchev–Trinajstić information content (AvgIpc) is 2.77. The van der Waals surface area contributed by atoms with Gasteiger partial charge in [-0.2, -0.15) is 0 Å². The summed E-state index contributed by atoms with van der Waals surface area (Å²) in [5.74, 6) is 0.0119. The molecule has 0 saturated carbocycles. The summed E-state index contributed by atoms with van der Waals surface area (Å²) in [5, 5.41) is 3.28. The quantitative estimate of drug-likeness (QED) is 0.890. The Bertz CT molecular complexity index is 551. The van der Waals surface area contributed by atoms with Gasteiger partial charge in [0.2, 0.25) is 0 Å². The minimum Gasteiger partial charge on any atom is -0.461 e. The predicted molar refractivity (Wildman–Crippen MR) is 70.9 cm³/mol. The minimum absolute atomic E-state index is 0.281. The fraction of sp³-hybridized carbons (Fsp3) is 0.333. The lowest BCUT2D eigenvalue weighted by Crippen LogP contribution is -2.27. The van der Waals surface area contributed by atoms with Crippen LogP contribution in [-0.2, 0) is 6.42 Å². The van der Waals surface area contributed by atoms with Gasteiger partial charge < -0.3 is 9.73 Å². The highest BCUT2D eigenvalue weighted by molar-refractivity contribution is 5.58. The van der Waals surface area contributed by atoms with Crippen LogP contribution in [0.2, 0.25) is 0 Å².